The Morgan fingerprint density at radius 1 is 1.65 bits per heavy atom. The first kappa shape index (κ1) is 13.1. The number of hydrogen-bond donors (Lipinski definition) is 2. The van der Waals surface area contributed by atoms with Gasteiger partial charge in [0.2, 0.25) is 0 Å². The maximum absolute atomic E-state index is 12.2. The minimum absolute atomic E-state index is 0.00630. The molecule has 1 heterocycles. The summed E-state index contributed by atoms with van der Waals surface area (Å²) in [4.78, 5) is 13.7. The normalized spacial score (nSPS) is 11.9. The van der Waals surface area contributed by atoms with Crippen molar-refractivity contribution in [2.75, 3.05) is 6.54 Å². The second kappa shape index (κ2) is 5.38. The van der Waals surface area contributed by atoms with Crippen LogP contribution in [0.5, 0.6) is 0 Å². The van der Waals surface area contributed by atoms with Crippen LogP contribution in [0.25, 0.3) is 0 Å². The lowest BCUT2D eigenvalue weighted by atomic mass is 10.2. The average molecular weight is 239 g/mol. The fraction of sp³-hybridized carbons (Fsp3) is 0.455. The maximum Gasteiger partial charge on any atom is 0.258 e. The topological polar surface area (TPSA) is 92.1 Å². The van der Waals surface area contributed by atoms with E-state index in [1.807, 2.05) is 13.8 Å². The molecule has 6 heteroatoms. The van der Waals surface area contributed by atoms with Crippen LogP contribution in [0, 0.1) is 6.92 Å². The lowest BCUT2D eigenvalue weighted by Gasteiger charge is -2.25. The molecule has 0 fully saturated rings. The van der Waals surface area contributed by atoms with Gasteiger partial charge in [-0.1, -0.05) is 5.16 Å². The van der Waals surface area contributed by atoms with E-state index in [0.29, 0.717) is 11.3 Å². The first-order valence-electron chi connectivity index (χ1n) is 5.28. The summed E-state index contributed by atoms with van der Waals surface area (Å²) in [6.45, 7) is 5.52. The van der Waals surface area contributed by atoms with E-state index in [2.05, 4.69) is 5.16 Å². The molecule has 17 heavy (non-hydrogen) atoms. The molecule has 1 amide bonds. The van der Waals surface area contributed by atoms with E-state index in [1.54, 1.807) is 13.0 Å². The van der Waals surface area contributed by atoms with Crippen molar-refractivity contribution in [1.82, 2.24) is 4.90 Å². The molecule has 0 radical (unpaired) electrons. The third kappa shape index (κ3) is 2.99. The van der Waals surface area contributed by atoms with Gasteiger partial charge in [0.05, 0.1) is 18.4 Å². The number of oxime groups is 1. The van der Waals surface area contributed by atoms with Crippen molar-refractivity contribution in [3.05, 3.63) is 23.7 Å². The molecule has 0 saturated heterocycles. The van der Waals surface area contributed by atoms with Gasteiger partial charge in [0.25, 0.3) is 5.91 Å². The number of carbonyl (C=O) groups is 1. The summed E-state index contributed by atoms with van der Waals surface area (Å²) in [7, 11) is 0. The Morgan fingerprint density at radius 3 is 2.71 bits per heavy atom. The minimum atomic E-state index is -0.196. The number of hydrogen-bond acceptors (Lipinski definition) is 4. The average Bonchev–Trinajstić information content (AvgIpc) is 2.70. The zero-order valence-electron chi connectivity index (χ0n) is 10.2. The molecule has 0 atom stereocenters. The third-order valence-electron chi connectivity index (χ3n) is 2.43. The van der Waals surface area contributed by atoms with Crippen molar-refractivity contribution in [1.29, 1.82) is 0 Å². The molecule has 0 unspecified atom stereocenters. The molecular weight excluding hydrogens is 222 g/mol. The lowest BCUT2D eigenvalue weighted by molar-refractivity contribution is 0.0732. The molecule has 0 aliphatic heterocycles. The van der Waals surface area contributed by atoms with Gasteiger partial charge in [-0.05, 0) is 26.8 Å². The van der Waals surface area contributed by atoms with Crippen LogP contribution < -0.4 is 5.73 Å². The summed E-state index contributed by atoms with van der Waals surface area (Å²) in [5.74, 6) is 0.353. The van der Waals surface area contributed by atoms with Gasteiger partial charge in [0.1, 0.15) is 5.76 Å². The molecule has 0 aromatic carbocycles. The highest BCUT2D eigenvalue weighted by molar-refractivity contribution is 5.97. The van der Waals surface area contributed by atoms with Gasteiger partial charge in [0, 0.05) is 6.04 Å². The SMILES string of the molecule is Cc1occc1C(=O)N(CC(N)=NO)C(C)C. The van der Waals surface area contributed by atoms with E-state index in [4.69, 9.17) is 15.4 Å². The van der Waals surface area contributed by atoms with Crippen LogP contribution in [0.1, 0.15) is 30.0 Å². The number of nitrogens with two attached hydrogens (primary N) is 1. The van der Waals surface area contributed by atoms with Gasteiger partial charge in [-0.15, -0.1) is 0 Å². The second-order valence-electron chi connectivity index (χ2n) is 4.01. The van der Waals surface area contributed by atoms with Crippen molar-refractivity contribution in [3.8, 4) is 0 Å². The van der Waals surface area contributed by atoms with Gasteiger partial charge in [-0.2, -0.15) is 0 Å². The standard InChI is InChI=1S/C11H17N3O3/c1-7(2)14(6-10(12)13-16)11(15)9-4-5-17-8(9)3/h4-5,7,16H,6H2,1-3H3,(H2,12,13). The summed E-state index contributed by atoms with van der Waals surface area (Å²) in [6, 6.07) is 1.55. The summed E-state index contributed by atoms with van der Waals surface area (Å²) in [6.07, 6.45) is 1.46. The number of nitrogens with zero attached hydrogens (tertiary/aromatic N) is 2. The summed E-state index contributed by atoms with van der Waals surface area (Å²) in [5, 5.41) is 11.4. The first-order valence-corrected chi connectivity index (χ1v) is 5.28. The van der Waals surface area contributed by atoms with E-state index >= 15 is 0 Å². The second-order valence-corrected chi connectivity index (χ2v) is 4.01. The largest absolute Gasteiger partial charge is 0.469 e. The fourth-order valence-electron chi connectivity index (χ4n) is 1.46. The monoisotopic (exact) mass is 239 g/mol. The molecule has 0 spiro atoms. The van der Waals surface area contributed by atoms with E-state index in [9.17, 15) is 4.79 Å². The molecule has 1 aromatic rings. The Labute approximate surface area is 99.7 Å². The van der Waals surface area contributed by atoms with Crippen LogP contribution in [0.15, 0.2) is 21.9 Å². The number of rotatable bonds is 4. The molecular formula is C11H17N3O3. The van der Waals surface area contributed by atoms with Gasteiger partial charge in [-0.25, -0.2) is 0 Å². The van der Waals surface area contributed by atoms with Crippen LogP contribution in [0.2, 0.25) is 0 Å². The van der Waals surface area contributed by atoms with E-state index in [-0.39, 0.29) is 24.3 Å². The molecule has 1 aromatic heterocycles. The minimum Gasteiger partial charge on any atom is -0.469 e. The summed E-state index contributed by atoms with van der Waals surface area (Å²) < 4.78 is 5.09. The predicted octanol–water partition coefficient (Wildman–Crippen LogP) is 1.19. The van der Waals surface area contributed by atoms with Crippen molar-refractivity contribution in [3.63, 3.8) is 0 Å². The third-order valence-corrected chi connectivity index (χ3v) is 2.43. The highest BCUT2D eigenvalue weighted by Gasteiger charge is 2.22. The lowest BCUT2D eigenvalue weighted by Crippen LogP contribution is -2.42. The van der Waals surface area contributed by atoms with Gasteiger partial charge in [-0.3, -0.25) is 4.79 Å². The summed E-state index contributed by atoms with van der Waals surface area (Å²) >= 11 is 0. The fourth-order valence-corrected chi connectivity index (χ4v) is 1.46. The Hall–Kier alpha value is -1.98. The molecule has 0 aliphatic carbocycles. The molecule has 6 nitrogen and oxygen atoms in total. The Balaban J connectivity index is 2.93. The van der Waals surface area contributed by atoms with Crippen molar-refractivity contribution in [2.45, 2.75) is 26.8 Å². The molecule has 0 bridgehead atoms. The molecule has 3 N–H and O–H groups in total. The van der Waals surface area contributed by atoms with Gasteiger partial charge in [0.15, 0.2) is 5.84 Å². The smallest absolute Gasteiger partial charge is 0.258 e. The first-order chi connectivity index (χ1) is 7.97. The van der Waals surface area contributed by atoms with Crippen LogP contribution in [-0.4, -0.2) is 34.4 Å². The van der Waals surface area contributed by atoms with E-state index < -0.39 is 0 Å². The predicted molar refractivity (Wildman–Crippen MR) is 63.0 cm³/mol. The number of carbonyl (C=O) groups excluding carboxylic acids is 1. The van der Waals surface area contributed by atoms with Crippen LogP contribution in [-0.2, 0) is 0 Å². The Bertz CT molecular complexity index is 423. The Morgan fingerprint density at radius 2 is 2.29 bits per heavy atom. The molecule has 1 rings (SSSR count). The zero-order valence-corrected chi connectivity index (χ0v) is 10.2. The molecule has 0 saturated carbocycles. The number of aryl methyl sites for hydroxylation is 1. The quantitative estimate of drug-likeness (QED) is 0.357. The van der Waals surface area contributed by atoms with Gasteiger partial charge < -0.3 is 20.3 Å². The zero-order chi connectivity index (χ0) is 13.0. The molecule has 94 valence electrons. The van der Waals surface area contributed by atoms with Crippen LogP contribution in [0.3, 0.4) is 0 Å². The highest BCUT2D eigenvalue weighted by atomic mass is 16.4. The van der Waals surface area contributed by atoms with Crippen molar-refractivity contribution in [2.24, 2.45) is 10.9 Å². The van der Waals surface area contributed by atoms with Crippen molar-refractivity contribution >= 4 is 11.7 Å². The number of amides is 1. The Kier molecular flexibility index (Phi) is 4.14. The number of amidine groups is 1. The molecule has 0 aliphatic rings. The van der Waals surface area contributed by atoms with E-state index in [1.165, 1.54) is 11.2 Å². The highest BCUT2D eigenvalue weighted by Crippen LogP contribution is 2.13. The van der Waals surface area contributed by atoms with Crippen LogP contribution in [0.4, 0.5) is 0 Å². The number of furan rings is 1. The van der Waals surface area contributed by atoms with E-state index in [0.717, 1.165) is 0 Å². The summed E-state index contributed by atoms with van der Waals surface area (Å²) in [5.41, 5.74) is 5.91. The maximum atomic E-state index is 12.2. The van der Waals surface area contributed by atoms with Crippen LogP contribution >= 0.6 is 0 Å². The van der Waals surface area contributed by atoms with Crippen molar-refractivity contribution < 1.29 is 14.4 Å². The van der Waals surface area contributed by atoms with Gasteiger partial charge >= 0.3 is 0 Å².